The summed E-state index contributed by atoms with van der Waals surface area (Å²) in [7, 11) is -1.73. The minimum atomic E-state index is -4.31. The number of hydrogen-bond acceptors (Lipinski definition) is 4. The van der Waals surface area contributed by atoms with E-state index < -0.39 is 40.4 Å². The highest BCUT2D eigenvalue weighted by Crippen LogP contribution is 2.26. The van der Waals surface area contributed by atoms with Gasteiger partial charge in [0.1, 0.15) is 18.4 Å². The molecule has 0 radical (unpaired) electrons. The number of nitrogens with one attached hydrogen (secondary N) is 1. The molecule has 0 aliphatic carbocycles. The Kier molecular flexibility index (Phi) is 12.2. The van der Waals surface area contributed by atoms with Crippen molar-refractivity contribution in [3.8, 4) is 0 Å². The highest BCUT2D eigenvalue weighted by Gasteiger charge is 2.35. The maximum absolute atomic E-state index is 14.9. The minimum absolute atomic E-state index is 0.0818. The summed E-state index contributed by atoms with van der Waals surface area (Å²) >= 11 is 12.4. The predicted molar refractivity (Wildman–Crippen MR) is 165 cm³/mol. The fourth-order valence-corrected chi connectivity index (χ4v) is 5.64. The lowest BCUT2D eigenvalue weighted by molar-refractivity contribution is -0.140. The van der Waals surface area contributed by atoms with Crippen LogP contribution in [0.5, 0.6) is 0 Å². The number of amides is 2. The summed E-state index contributed by atoms with van der Waals surface area (Å²) in [6.45, 7) is 1.57. The first-order chi connectivity index (χ1) is 19.9. The minimum Gasteiger partial charge on any atom is -0.354 e. The smallest absolute Gasteiger partial charge is 0.304 e. The molecule has 3 rings (SSSR count). The van der Waals surface area contributed by atoms with Crippen molar-refractivity contribution in [1.29, 1.82) is 0 Å². The Hall–Kier alpha value is -3.18. The highest BCUT2D eigenvalue weighted by atomic mass is 35.5. The van der Waals surface area contributed by atoms with Crippen LogP contribution in [0.1, 0.15) is 30.9 Å². The van der Waals surface area contributed by atoms with Crippen LogP contribution in [0.2, 0.25) is 10.0 Å². The topological polar surface area (TPSA) is 90.0 Å². The van der Waals surface area contributed by atoms with Crippen LogP contribution in [0.15, 0.2) is 72.8 Å². The van der Waals surface area contributed by atoms with Gasteiger partial charge in [-0.1, -0.05) is 85.1 Å². The molecular formula is C30H35Cl2FN4O4S. The van der Waals surface area contributed by atoms with Gasteiger partial charge in [0.15, 0.2) is 0 Å². The molecule has 0 aliphatic heterocycles. The van der Waals surface area contributed by atoms with E-state index >= 15 is 0 Å². The average molecular weight is 638 g/mol. The summed E-state index contributed by atoms with van der Waals surface area (Å²) in [4.78, 5) is 29.1. The van der Waals surface area contributed by atoms with Gasteiger partial charge in [-0.05, 0) is 41.8 Å². The third-order valence-electron chi connectivity index (χ3n) is 6.58. The van der Waals surface area contributed by atoms with Crippen LogP contribution < -0.4 is 9.62 Å². The molecule has 3 aromatic carbocycles. The number of carbonyl (C=O) groups excluding carboxylic acids is 2. The molecule has 0 spiro atoms. The van der Waals surface area contributed by atoms with Crippen molar-refractivity contribution in [3.05, 3.63) is 99.8 Å². The maximum atomic E-state index is 14.9. The van der Waals surface area contributed by atoms with Gasteiger partial charge in [-0.3, -0.25) is 9.59 Å². The first-order valence-electron chi connectivity index (χ1n) is 13.5. The van der Waals surface area contributed by atoms with Crippen LogP contribution in [0, 0.1) is 5.82 Å². The van der Waals surface area contributed by atoms with E-state index in [0.29, 0.717) is 21.4 Å². The van der Waals surface area contributed by atoms with Gasteiger partial charge in [0.05, 0.1) is 15.7 Å². The fraction of sp³-hybridized carbons (Fsp3) is 0.333. The van der Waals surface area contributed by atoms with E-state index in [1.807, 2.05) is 37.3 Å². The molecule has 0 fully saturated rings. The second-order valence-electron chi connectivity index (χ2n) is 9.87. The molecule has 0 saturated heterocycles. The van der Waals surface area contributed by atoms with E-state index in [1.54, 1.807) is 18.2 Å². The zero-order valence-corrected chi connectivity index (χ0v) is 26.1. The van der Waals surface area contributed by atoms with E-state index in [9.17, 15) is 22.4 Å². The number of para-hydroxylation sites is 1. The van der Waals surface area contributed by atoms with Gasteiger partial charge in [-0.2, -0.15) is 12.7 Å². The second kappa shape index (κ2) is 15.3. The standard InChI is InChI=1S/C30H35Cl2FN4O4S/c1-4-5-17-34-30(39)28(19-22-11-7-6-8-12-22)36(20-23-15-16-24(31)25(32)18-23)29(38)21-37(42(40,41)35(2)3)27-14-10-9-13-26(27)33/h6-16,18,28H,4-5,17,19-21H2,1-3H3,(H,34,39)/t28-/m0/s1. The highest BCUT2D eigenvalue weighted by molar-refractivity contribution is 7.90. The lowest BCUT2D eigenvalue weighted by Crippen LogP contribution is -2.54. The van der Waals surface area contributed by atoms with Gasteiger partial charge in [-0.15, -0.1) is 0 Å². The normalized spacial score (nSPS) is 12.2. The van der Waals surface area contributed by atoms with E-state index in [1.165, 1.54) is 37.2 Å². The largest absolute Gasteiger partial charge is 0.354 e. The first kappa shape index (κ1) is 33.3. The van der Waals surface area contributed by atoms with Crippen LogP contribution in [-0.2, 0) is 32.8 Å². The third-order valence-corrected chi connectivity index (χ3v) is 9.12. The van der Waals surface area contributed by atoms with Gasteiger partial charge in [0.2, 0.25) is 11.8 Å². The van der Waals surface area contributed by atoms with E-state index in [-0.39, 0.29) is 23.7 Å². The van der Waals surface area contributed by atoms with Crippen LogP contribution >= 0.6 is 23.2 Å². The third kappa shape index (κ3) is 8.67. The zero-order valence-electron chi connectivity index (χ0n) is 23.8. The molecule has 0 heterocycles. The quantitative estimate of drug-likeness (QED) is 0.243. The number of halogens is 3. The molecule has 12 heteroatoms. The molecule has 42 heavy (non-hydrogen) atoms. The summed E-state index contributed by atoms with van der Waals surface area (Å²) in [5.74, 6) is -1.92. The zero-order chi connectivity index (χ0) is 30.9. The molecule has 0 saturated carbocycles. The van der Waals surface area contributed by atoms with Crippen molar-refractivity contribution in [1.82, 2.24) is 14.5 Å². The molecule has 1 N–H and O–H groups in total. The Bertz CT molecular complexity index is 1480. The monoisotopic (exact) mass is 636 g/mol. The van der Waals surface area contributed by atoms with Crippen molar-refractivity contribution in [3.63, 3.8) is 0 Å². The number of hydrogen-bond donors (Lipinski definition) is 1. The molecule has 0 bridgehead atoms. The Morgan fingerprint density at radius 3 is 2.21 bits per heavy atom. The predicted octanol–water partition coefficient (Wildman–Crippen LogP) is 5.30. The van der Waals surface area contributed by atoms with Gasteiger partial charge >= 0.3 is 10.2 Å². The molecule has 2 amide bonds. The number of nitrogens with zero attached hydrogens (tertiary/aromatic N) is 3. The number of unbranched alkanes of at least 4 members (excludes halogenated alkanes) is 1. The Balaban J connectivity index is 2.10. The van der Waals surface area contributed by atoms with Gasteiger partial charge in [0.25, 0.3) is 0 Å². The van der Waals surface area contributed by atoms with Crippen molar-refractivity contribution >= 4 is 50.9 Å². The van der Waals surface area contributed by atoms with Crippen molar-refractivity contribution < 1.29 is 22.4 Å². The molecule has 0 unspecified atom stereocenters. The van der Waals surface area contributed by atoms with Gasteiger partial charge < -0.3 is 10.2 Å². The maximum Gasteiger partial charge on any atom is 0.304 e. The molecule has 226 valence electrons. The lowest BCUT2D eigenvalue weighted by Gasteiger charge is -2.34. The second-order valence-corrected chi connectivity index (χ2v) is 12.7. The van der Waals surface area contributed by atoms with Gasteiger partial charge in [-0.25, -0.2) is 8.70 Å². The van der Waals surface area contributed by atoms with Crippen LogP contribution in [0.3, 0.4) is 0 Å². The number of benzene rings is 3. The molecule has 0 aromatic heterocycles. The SMILES string of the molecule is CCCCNC(=O)[C@H](Cc1ccccc1)N(Cc1ccc(Cl)c(Cl)c1)C(=O)CN(c1ccccc1F)S(=O)(=O)N(C)C. The summed E-state index contributed by atoms with van der Waals surface area (Å²) in [5, 5.41) is 3.49. The van der Waals surface area contributed by atoms with Crippen LogP contribution in [0.25, 0.3) is 0 Å². The van der Waals surface area contributed by atoms with Crippen molar-refractivity contribution in [2.75, 3.05) is 31.5 Å². The molecule has 1 atom stereocenters. The first-order valence-corrected chi connectivity index (χ1v) is 15.6. The van der Waals surface area contributed by atoms with E-state index in [4.69, 9.17) is 23.2 Å². The van der Waals surface area contributed by atoms with E-state index in [2.05, 4.69) is 5.32 Å². The number of anilines is 1. The van der Waals surface area contributed by atoms with E-state index in [0.717, 1.165) is 28.8 Å². The number of rotatable bonds is 14. The molecule has 8 nitrogen and oxygen atoms in total. The summed E-state index contributed by atoms with van der Waals surface area (Å²) in [6, 6.07) is 18.3. The molecule has 0 aliphatic rings. The summed E-state index contributed by atoms with van der Waals surface area (Å²) in [6.07, 6.45) is 1.76. The van der Waals surface area contributed by atoms with Crippen molar-refractivity contribution in [2.45, 2.75) is 38.8 Å². The summed E-state index contributed by atoms with van der Waals surface area (Å²) in [5.41, 5.74) is 1.08. The van der Waals surface area contributed by atoms with Crippen molar-refractivity contribution in [2.24, 2.45) is 0 Å². The molecular weight excluding hydrogens is 602 g/mol. The Morgan fingerprint density at radius 2 is 1.60 bits per heavy atom. The van der Waals surface area contributed by atoms with Gasteiger partial charge in [0, 0.05) is 33.6 Å². The fourth-order valence-electron chi connectivity index (χ4n) is 4.25. The van der Waals surface area contributed by atoms with Crippen LogP contribution in [0.4, 0.5) is 10.1 Å². The van der Waals surface area contributed by atoms with Crippen LogP contribution in [-0.4, -0.2) is 62.7 Å². The number of carbonyl (C=O) groups is 2. The average Bonchev–Trinajstić information content (AvgIpc) is 2.96. The summed E-state index contributed by atoms with van der Waals surface area (Å²) < 4.78 is 43.2. The Morgan fingerprint density at radius 1 is 0.929 bits per heavy atom. The lowest BCUT2D eigenvalue weighted by atomic mass is 10.0. The Labute approximate surface area is 257 Å². The molecule has 3 aromatic rings.